The van der Waals surface area contributed by atoms with Gasteiger partial charge < -0.3 is 14.2 Å². The summed E-state index contributed by atoms with van der Waals surface area (Å²) in [6.45, 7) is 6.46. The molecule has 0 amide bonds. The SMILES string of the molecule is CC/C=C\C/C=C\C/C=C\C/C=C\C/C=C\CCCCCC(=O)OC[C@@H](COC(=O)CCCCCCC/C=C\CCCCCCCCC)OC(=O)CCCCCCCC/C=C\C/C=C\C/C=C\CCCCC. The second-order valence-corrected chi connectivity index (χ2v) is 19.5. The zero-order chi connectivity index (χ0) is 52.2. The highest BCUT2D eigenvalue weighted by Crippen LogP contribution is 2.14. The number of carbonyl (C=O) groups excluding carboxylic acids is 3. The van der Waals surface area contributed by atoms with E-state index in [2.05, 4.69) is 130 Å². The van der Waals surface area contributed by atoms with E-state index in [0.717, 1.165) is 128 Å². The second kappa shape index (κ2) is 59.6. The van der Waals surface area contributed by atoms with E-state index < -0.39 is 6.10 Å². The van der Waals surface area contributed by atoms with Crippen molar-refractivity contribution in [1.29, 1.82) is 0 Å². The van der Waals surface area contributed by atoms with Crippen molar-refractivity contribution in [3.05, 3.63) is 109 Å². The molecule has 0 bridgehead atoms. The van der Waals surface area contributed by atoms with Gasteiger partial charge in [0.1, 0.15) is 13.2 Å². The highest BCUT2D eigenvalue weighted by atomic mass is 16.6. The molecular weight excluding hydrogens is 889 g/mol. The van der Waals surface area contributed by atoms with Crippen molar-refractivity contribution in [2.45, 2.75) is 277 Å². The van der Waals surface area contributed by atoms with Crippen molar-refractivity contribution in [3.8, 4) is 0 Å². The molecule has 0 saturated heterocycles. The van der Waals surface area contributed by atoms with Crippen molar-refractivity contribution >= 4 is 17.9 Å². The normalized spacial score (nSPS) is 12.9. The van der Waals surface area contributed by atoms with Gasteiger partial charge in [-0.2, -0.15) is 0 Å². The molecule has 0 aromatic rings. The summed E-state index contributed by atoms with van der Waals surface area (Å²) in [5, 5.41) is 0. The molecule has 1 atom stereocenters. The quantitative estimate of drug-likeness (QED) is 0.0261. The molecule has 0 unspecified atom stereocenters. The van der Waals surface area contributed by atoms with E-state index in [9.17, 15) is 14.4 Å². The molecule has 0 heterocycles. The van der Waals surface area contributed by atoms with E-state index >= 15 is 0 Å². The number of carbonyl (C=O) groups is 3. The van der Waals surface area contributed by atoms with Crippen LogP contribution in [0.25, 0.3) is 0 Å². The van der Waals surface area contributed by atoms with Crippen LogP contribution in [0.15, 0.2) is 109 Å². The van der Waals surface area contributed by atoms with E-state index in [-0.39, 0.29) is 31.1 Å². The Bertz CT molecular complexity index is 1470. The van der Waals surface area contributed by atoms with Gasteiger partial charge in [0.25, 0.3) is 0 Å². The largest absolute Gasteiger partial charge is 0.462 e. The van der Waals surface area contributed by atoms with Crippen LogP contribution in [0.4, 0.5) is 0 Å². The van der Waals surface area contributed by atoms with Crippen molar-refractivity contribution < 1.29 is 28.6 Å². The topological polar surface area (TPSA) is 78.9 Å². The first kappa shape index (κ1) is 68.1. The summed E-state index contributed by atoms with van der Waals surface area (Å²) in [7, 11) is 0. The molecular formula is C66H110O6. The van der Waals surface area contributed by atoms with Gasteiger partial charge >= 0.3 is 17.9 Å². The zero-order valence-electron chi connectivity index (χ0n) is 46.9. The molecule has 0 rings (SSSR count). The fraction of sp³-hybridized carbons (Fsp3) is 0.682. The molecule has 0 spiro atoms. The lowest BCUT2D eigenvalue weighted by atomic mass is 10.1. The Kier molecular flexibility index (Phi) is 56.4. The van der Waals surface area contributed by atoms with Crippen LogP contribution in [0.1, 0.15) is 271 Å². The maximum absolute atomic E-state index is 12.9. The summed E-state index contributed by atoms with van der Waals surface area (Å²) in [5.41, 5.74) is 0. The van der Waals surface area contributed by atoms with Gasteiger partial charge in [0.05, 0.1) is 0 Å². The van der Waals surface area contributed by atoms with E-state index in [0.29, 0.717) is 19.3 Å². The summed E-state index contributed by atoms with van der Waals surface area (Å²) >= 11 is 0. The van der Waals surface area contributed by atoms with Crippen molar-refractivity contribution in [1.82, 2.24) is 0 Å². The average molecular weight is 1000 g/mol. The van der Waals surface area contributed by atoms with Gasteiger partial charge in [-0.15, -0.1) is 0 Å². The standard InChI is InChI=1S/C66H110O6/c1-4-7-10-13-16-19-22-25-28-31-33-35-38-41-44-47-50-53-56-59-65(68)71-62-63(61-70-64(67)58-55-52-49-46-43-40-37-30-27-24-21-18-15-12-9-6-3)72-66(69)60-57-54-51-48-45-42-39-36-34-32-29-26-23-20-17-14-11-8-5-2/h7,10,16-17,19-20,25-26,28-30,33-37,41,44,63H,4-6,8-9,11-15,18,21-24,27,31-32,38-40,42-43,45-62H2,1-3H3/b10-7-,19-16-,20-17-,28-25-,29-26-,35-33-,36-34-,37-30-,44-41-/t63-/m1/s1. The molecule has 0 aliphatic carbocycles. The number of hydrogen-bond acceptors (Lipinski definition) is 6. The van der Waals surface area contributed by atoms with Gasteiger partial charge in [0.2, 0.25) is 0 Å². The van der Waals surface area contributed by atoms with Crippen LogP contribution in [0, 0.1) is 0 Å². The van der Waals surface area contributed by atoms with Gasteiger partial charge in [-0.3, -0.25) is 14.4 Å². The van der Waals surface area contributed by atoms with Crippen molar-refractivity contribution in [3.63, 3.8) is 0 Å². The van der Waals surface area contributed by atoms with Gasteiger partial charge in [-0.05, 0) is 128 Å². The van der Waals surface area contributed by atoms with Crippen LogP contribution in [0.5, 0.6) is 0 Å². The Morgan fingerprint density at radius 2 is 0.542 bits per heavy atom. The number of esters is 3. The molecule has 0 radical (unpaired) electrons. The van der Waals surface area contributed by atoms with E-state index in [1.807, 2.05) is 0 Å². The highest BCUT2D eigenvalue weighted by Gasteiger charge is 2.19. The molecule has 0 aromatic carbocycles. The number of unbranched alkanes of at least 4 members (excludes halogenated alkanes) is 24. The molecule has 0 aliphatic rings. The molecule has 0 N–H and O–H groups in total. The van der Waals surface area contributed by atoms with Crippen LogP contribution < -0.4 is 0 Å². The lowest BCUT2D eigenvalue weighted by Gasteiger charge is -2.18. The number of allylic oxidation sites excluding steroid dienone is 18. The van der Waals surface area contributed by atoms with Crippen LogP contribution in [-0.2, 0) is 28.6 Å². The minimum atomic E-state index is -0.805. The molecule has 0 fully saturated rings. The maximum Gasteiger partial charge on any atom is 0.306 e. The summed E-state index contributed by atoms with van der Waals surface area (Å²) in [6.07, 6.45) is 80.7. The van der Waals surface area contributed by atoms with E-state index in [4.69, 9.17) is 14.2 Å². The Balaban J connectivity index is 4.50. The predicted molar refractivity (Wildman–Crippen MR) is 311 cm³/mol. The predicted octanol–water partition coefficient (Wildman–Crippen LogP) is 20.3. The smallest absolute Gasteiger partial charge is 0.306 e. The number of ether oxygens (including phenoxy) is 3. The Morgan fingerprint density at radius 3 is 0.903 bits per heavy atom. The first-order valence-corrected chi connectivity index (χ1v) is 29.9. The minimum Gasteiger partial charge on any atom is -0.462 e. The van der Waals surface area contributed by atoms with Crippen LogP contribution in [0.2, 0.25) is 0 Å². The second-order valence-electron chi connectivity index (χ2n) is 19.5. The monoisotopic (exact) mass is 999 g/mol. The van der Waals surface area contributed by atoms with Gasteiger partial charge in [-0.1, -0.05) is 233 Å². The summed E-state index contributed by atoms with van der Waals surface area (Å²) in [6, 6.07) is 0. The first-order chi connectivity index (χ1) is 35.5. The lowest BCUT2D eigenvalue weighted by Crippen LogP contribution is -2.30. The van der Waals surface area contributed by atoms with Crippen LogP contribution >= 0.6 is 0 Å². The fourth-order valence-corrected chi connectivity index (χ4v) is 8.00. The van der Waals surface area contributed by atoms with Gasteiger partial charge in [-0.25, -0.2) is 0 Å². The average Bonchev–Trinajstić information content (AvgIpc) is 3.38. The molecule has 0 saturated carbocycles. The fourth-order valence-electron chi connectivity index (χ4n) is 8.00. The molecule has 0 aliphatic heterocycles. The Hall–Kier alpha value is -3.93. The third kappa shape index (κ3) is 57.0. The van der Waals surface area contributed by atoms with Gasteiger partial charge in [0.15, 0.2) is 6.10 Å². The van der Waals surface area contributed by atoms with Crippen molar-refractivity contribution in [2.24, 2.45) is 0 Å². The molecule has 410 valence electrons. The minimum absolute atomic E-state index is 0.0996. The van der Waals surface area contributed by atoms with Crippen LogP contribution in [0.3, 0.4) is 0 Å². The Labute approximate surface area is 444 Å². The summed E-state index contributed by atoms with van der Waals surface area (Å²) in [5.74, 6) is -0.950. The summed E-state index contributed by atoms with van der Waals surface area (Å²) in [4.78, 5) is 38.2. The molecule has 0 aromatic heterocycles. The van der Waals surface area contributed by atoms with E-state index in [1.165, 1.54) is 103 Å². The molecule has 72 heavy (non-hydrogen) atoms. The zero-order valence-corrected chi connectivity index (χ0v) is 46.9. The summed E-state index contributed by atoms with van der Waals surface area (Å²) < 4.78 is 16.9. The van der Waals surface area contributed by atoms with Crippen LogP contribution in [-0.4, -0.2) is 37.2 Å². The number of rotatable bonds is 53. The molecule has 6 nitrogen and oxygen atoms in total. The Morgan fingerprint density at radius 1 is 0.292 bits per heavy atom. The third-order valence-corrected chi connectivity index (χ3v) is 12.5. The highest BCUT2D eigenvalue weighted by molar-refractivity contribution is 5.71. The maximum atomic E-state index is 12.9. The number of hydrogen-bond donors (Lipinski definition) is 0. The third-order valence-electron chi connectivity index (χ3n) is 12.5. The lowest BCUT2D eigenvalue weighted by molar-refractivity contribution is -0.167. The molecule has 6 heteroatoms. The van der Waals surface area contributed by atoms with Gasteiger partial charge in [0, 0.05) is 19.3 Å². The van der Waals surface area contributed by atoms with Crippen molar-refractivity contribution in [2.75, 3.05) is 13.2 Å². The first-order valence-electron chi connectivity index (χ1n) is 29.9. The van der Waals surface area contributed by atoms with E-state index in [1.54, 1.807) is 0 Å².